The van der Waals surface area contributed by atoms with E-state index in [0.29, 0.717) is 6.42 Å². The fourth-order valence-electron chi connectivity index (χ4n) is 1.68. The van der Waals surface area contributed by atoms with Crippen LogP contribution in [0.4, 0.5) is 13.2 Å². The largest absolute Gasteiger partial charge is 0.480 e. The van der Waals surface area contributed by atoms with E-state index in [0.717, 1.165) is 19.3 Å². The van der Waals surface area contributed by atoms with Crippen molar-refractivity contribution in [1.29, 1.82) is 0 Å². The van der Waals surface area contributed by atoms with E-state index in [1.165, 1.54) is 0 Å². The number of carbonyl (C=O) groups is 1. The number of halogens is 3. The minimum absolute atomic E-state index is 0.0942. The molecule has 7 heteroatoms. The number of carboxylic acid groups (broad SMARTS) is 1. The molecule has 0 aromatic carbocycles. The molecule has 4 N–H and O–H groups in total. The van der Waals surface area contributed by atoms with E-state index in [1.54, 1.807) is 0 Å². The lowest BCUT2D eigenvalue weighted by Gasteiger charge is -2.33. The standard InChI is InChI=1S/C11H20F3NO3/c1-2-3-4-5-6-7-10(18,11(12,13)14)8(15)9(16)17/h8,18H,2-7,15H2,1H3,(H,16,17)/t8-,10+/m0/s1. The van der Waals surface area contributed by atoms with E-state index >= 15 is 0 Å². The zero-order valence-corrected chi connectivity index (χ0v) is 10.3. The summed E-state index contributed by atoms with van der Waals surface area (Å²) < 4.78 is 38.1. The average Bonchev–Trinajstić information content (AvgIpc) is 2.25. The Balaban J connectivity index is 4.56. The van der Waals surface area contributed by atoms with Gasteiger partial charge >= 0.3 is 12.1 Å². The van der Waals surface area contributed by atoms with Gasteiger partial charge in [-0.15, -0.1) is 0 Å². The van der Waals surface area contributed by atoms with Gasteiger partial charge < -0.3 is 15.9 Å². The second-order valence-corrected chi connectivity index (χ2v) is 4.40. The minimum Gasteiger partial charge on any atom is -0.480 e. The molecule has 0 radical (unpaired) electrons. The molecule has 0 aliphatic rings. The van der Waals surface area contributed by atoms with Gasteiger partial charge in [0, 0.05) is 0 Å². The van der Waals surface area contributed by atoms with E-state index in [1.807, 2.05) is 6.92 Å². The summed E-state index contributed by atoms with van der Waals surface area (Å²) in [5.41, 5.74) is 1.60. The van der Waals surface area contributed by atoms with Crippen molar-refractivity contribution in [1.82, 2.24) is 0 Å². The molecule has 108 valence electrons. The predicted octanol–water partition coefficient (Wildman–Crippen LogP) is 2.05. The third kappa shape index (κ3) is 4.45. The Bertz CT molecular complexity index is 271. The molecule has 0 rings (SSSR count). The van der Waals surface area contributed by atoms with Gasteiger partial charge in [-0.1, -0.05) is 39.0 Å². The lowest BCUT2D eigenvalue weighted by atomic mass is 9.87. The molecule has 0 saturated heterocycles. The number of nitrogens with two attached hydrogens (primary N) is 1. The van der Waals surface area contributed by atoms with E-state index in [9.17, 15) is 23.1 Å². The number of hydrogen-bond acceptors (Lipinski definition) is 3. The summed E-state index contributed by atoms with van der Waals surface area (Å²) in [6, 6.07) is -2.36. The van der Waals surface area contributed by atoms with E-state index in [4.69, 9.17) is 10.8 Å². The monoisotopic (exact) mass is 271 g/mol. The van der Waals surface area contributed by atoms with Crippen molar-refractivity contribution in [2.24, 2.45) is 5.73 Å². The molecule has 18 heavy (non-hydrogen) atoms. The summed E-state index contributed by atoms with van der Waals surface area (Å²) in [5.74, 6) is -1.86. The number of hydrogen-bond donors (Lipinski definition) is 3. The van der Waals surface area contributed by atoms with Crippen LogP contribution in [0.25, 0.3) is 0 Å². The van der Waals surface area contributed by atoms with E-state index in [2.05, 4.69) is 0 Å². The lowest BCUT2D eigenvalue weighted by Crippen LogP contribution is -2.61. The van der Waals surface area contributed by atoms with Crippen LogP contribution in [0, 0.1) is 0 Å². The van der Waals surface area contributed by atoms with Crippen molar-refractivity contribution in [3.8, 4) is 0 Å². The molecular formula is C11H20F3NO3. The van der Waals surface area contributed by atoms with Gasteiger partial charge in [-0.3, -0.25) is 4.79 Å². The normalized spacial score (nSPS) is 17.2. The molecule has 0 aliphatic carbocycles. The third-order valence-corrected chi connectivity index (χ3v) is 2.93. The van der Waals surface area contributed by atoms with Crippen LogP contribution < -0.4 is 5.73 Å². The molecule has 0 heterocycles. The SMILES string of the molecule is CCCCCCC[C@@](O)([C@@H](N)C(=O)O)C(F)(F)F. The van der Waals surface area contributed by atoms with Crippen LogP contribution in [0.1, 0.15) is 45.4 Å². The Hall–Kier alpha value is -0.820. The summed E-state index contributed by atoms with van der Waals surface area (Å²) in [7, 11) is 0. The van der Waals surface area contributed by atoms with Gasteiger partial charge in [0.1, 0.15) is 6.04 Å². The molecule has 0 bridgehead atoms. The number of rotatable bonds is 8. The molecule has 0 spiro atoms. The summed E-state index contributed by atoms with van der Waals surface area (Å²) in [5, 5.41) is 18.0. The summed E-state index contributed by atoms with van der Waals surface area (Å²) in [6.45, 7) is 1.96. The van der Waals surface area contributed by atoms with Gasteiger partial charge in [-0.25, -0.2) is 0 Å². The van der Waals surface area contributed by atoms with Crippen LogP contribution in [0.5, 0.6) is 0 Å². The molecule has 2 atom stereocenters. The highest BCUT2D eigenvalue weighted by molar-refractivity contribution is 5.75. The first-order valence-electron chi connectivity index (χ1n) is 5.94. The molecule has 0 saturated carbocycles. The maximum Gasteiger partial charge on any atom is 0.419 e. The molecule has 4 nitrogen and oxygen atoms in total. The number of alkyl halides is 3. The first kappa shape index (κ1) is 17.2. The third-order valence-electron chi connectivity index (χ3n) is 2.93. The second-order valence-electron chi connectivity index (χ2n) is 4.40. The summed E-state index contributed by atoms with van der Waals surface area (Å²) >= 11 is 0. The number of aliphatic carboxylic acids is 1. The van der Waals surface area contributed by atoms with Gasteiger partial charge in [-0.2, -0.15) is 13.2 Å². The van der Waals surface area contributed by atoms with Gasteiger partial charge in [0.15, 0.2) is 5.60 Å². The molecule has 0 aromatic heterocycles. The van der Waals surface area contributed by atoms with Crippen LogP contribution in [0.15, 0.2) is 0 Å². The van der Waals surface area contributed by atoms with Crippen LogP contribution in [0.2, 0.25) is 0 Å². The molecule has 0 fully saturated rings. The van der Waals surface area contributed by atoms with Crippen LogP contribution in [0.3, 0.4) is 0 Å². The van der Waals surface area contributed by atoms with Crippen molar-refractivity contribution in [3.63, 3.8) is 0 Å². The quantitative estimate of drug-likeness (QED) is 0.590. The molecule has 0 aliphatic heterocycles. The Labute approximate surface area is 104 Å². The van der Waals surface area contributed by atoms with Gasteiger partial charge in [0.2, 0.25) is 0 Å². The maximum absolute atomic E-state index is 12.7. The first-order chi connectivity index (χ1) is 8.16. The van der Waals surface area contributed by atoms with Crippen LogP contribution >= 0.6 is 0 Å². The summed E-state index contributed by atoms with van der Waals surface area (Å²) in [4.78, 5) is 10.5. The number of unbranched alkanes of at least 4 members (excludes halogenated alkanes) is 4. The molecule has 0 amide bonds. The Kier molecular flexibility index (Phi) is 6.62. The van der Waals surface area contributed by atoms with Crippen molar-refractivity contribution in [3.05, 3.63) is 0 Å². The molecule has 0 aromatic rings. The van der Waals surface area contributed by atoms with Gasteiger partial charge in [-0.05, 0) is 6.42 Å². The van der Waals surface area contributed by atoms with Crippen LogP contribution in [-0.2, 0) is 4.79 Å². The highest BCUT2D eigenvalue weighted by Crippen LogP contribution is 2.36. The molecular weight excluding hydrogens is 251 g/mol. The fraction of sp³-hybridized carbons (Fsp3) is 0.909. The van der Waals surface area contributed by atoms with Crippen LogP contribution in [-0.4, -0.2) is 34.0 Å². The van der Waals surface area contributed by atoms with Crippen molar-refractivity contribution in [2.45, 2.75) is 63.3 Å². The first-order valence-corrected chi connectivity index (χ1v) is 5.94. The van der Waals surface area contributed by atoms with Gasteiger partial charge in [0.25, 0.3) is 0 Å². The zero-order valence-electron chi connectivity index (χ0n) is 10.3. The lowest BCUT2D eigenvalue weighted by molar-refractivity contribution is -0.270. The highest BCUT2D eigenvalue weighted by atomic mass is 19.4. The maximum atomic E-state index is 12.7. The fourth-order valence-corrected chi connectivity index (χ4v) is 1.68. The average molecular weight is 271 g/mol. The highest BCUT2D eigenvalue weighted by Gasteiger charge is 2.59. The Morgan fingerprint density at radius 3 is 2.11 bits per heavy atom. The zero-order chi connectivity index (χ0) is 14.4. The Morgan fingerprint density at radius 1 is 1.22 bits per heavy atom. The van der Waals surface area contributed by atoms with Crippen molar-refractivity contribution >= 4 is 5.97 Å². The number of carboxylic acids is 1. The Morgan fingerprint density at radius 2 is 1.72 bits per heavy atom. The van der Waals surface area contributed by atoms with Gasteiger partial charge in [0.05, 0.1) is 0 Å². The van der Waals surface area contributed by atoms with E-state index < -0.39 is 30.2 Å². The minimum atomic E-state index is -5.05. The topological polar surface area (TPSA) is 83.5 Å². The number of aliphatic hydroxyl groups is 1. The second kappa shape index (κ2) is 6.94. The predicted molar refractivity (Wildman–Crippen MR) is 60.0 cm³/mol. The van der Waals surface area contributed by atoms with E-state index in [-0.39, 0.29) is 6.42 Å². The summed E-state index contributed by atoms with van der Waals surface area (Å²) in [6.07, 6.45) is -2.53. The smallest absolute Gasteiger partial charge is 0.419 e. The molecule has 0 unspecified atom stereocenters. The van der Waals surface area contributed by atoms with Crippen molar-refractivity contribution in [2.75, 3.05) is 0 Å². The van der Waals surface area contributed by atoms with Crippen molar-refractivity contribution < 1.29 is 28.2 Å².